The molecule has 0 aliphatic carbocycles. The van der Waals surface area contributed by atoms with E-state index in [9.17, 15) is 5.11 Å². The number of phenols is 1. The summed E-state index contributed by atoms with van der Waals surface area (Å²) < 4.78 is 0. The molecule has 1 heterocycles. The number of thioether (sulfide) groups is 1. The summed E-state index contributed by atoms with van der Waals surface area (Å²) in [6.45, 7) is 3.69. The van der Waals surface area contributed by atoms with Crippen molar-refractivity contribution in [2.75, 3.05) is 25.4 Å². The van der Waals surface area contributed by atoms with Crippen molar-refractivity contribution in [2.45, 2.75) is 24.2 Å². The SMILES string of the molecule is Oc1ccc(SCCN2CCCCC2)c2ccccc12. The van der Waals surface area contributed by atoms with Crippen LogP contribution in [0.15, 0.2) is 41.3 Å². The molecule has 1 aliphatic rings. The van der Waals surface area contributed by atoms with Crippen LogP contribution in [0.3, 0.4) is 0 Å². The molecule has 0 aromatic heterocycles. The molecule has 0 spiro atoms. The van der Waals surface area contributed by atoms with Gasteiger partial charge >= 0.3 is 0 Å². The van der Waals surface area contributed by atoms with Gasteiger partial charge in [-0.3, -0.25) is 0 Å². The summed E-state index contributed by atoms with van der Waals surface area (Å²) in [6.07, 6.45) is 4.10. The lowest BCUT2D eigenvalue weighted by Gasteiger charge is -2.26. The minimum Gasteiger partial charge on any atom is -0.507 e. The van der Waals surface area contributed by atoms with Gasteiger partial charge in [0.25, 0.3) is 0 Å². The van der Waals surface area contributed by atoms with Crippen molar-refractivity contribution in [3.8, 4) is 5.75 Å². The Balaban J connectivity index is 1.67. The minimum absolute atomic E-state index is 0.376. The first-order chi connectivity index (χ1) is 9.84. The second-order valence-electron chi connectivity index (χ2n) is 5.38. The highest BCUT2D eigenvalue weighted by Gasteiger charge is 2.10. The zero-order valence-electron chi connectivity index (χ0n) is 11.7. The van der Waals surface area contributed by atoms with Crippen LogP contribution in [0.4, 0.5) is 0 Å². The first-order valence-electron chi connectivity index (χ1n) is 7.40. The van der Waals surface area contributed by atoms with E-state index in [1.807, 2.05) is 42.1 Å². The molecule has 1 N–H and O–H groups in total. The summed E-state index contributed by atoms with van der Waals surface area (Å²) in [7, 11) is 0. The van der Waals surface area contributed by atoms with Crippen LogP contribution in [0.25, 0.3) is 10.8 Å². The first kappa shape index (κ1) is 13.8. The van der Waals surface area contributed by atoms with Gasteiger partial charge in [0, 0.05) is 22.6 Å². The van der Waals surface area contributed by atoms with Gasteiger partial charge in [-0.05, 0) is 43.5 Å². The topological polar surface area (TPSA) is 23.5 Å². The number of phenolic OH excluding ortho intramolecular Hbond substituents is 1. The van der Waals surface area contributed by atoms with E-state index in [0.717, 1.165) is 16.5 Å². The molecule has 0 bridgehead atoms. The lowest BCUT2D eigenvalue weighted by molar-refractivity contribution is 0.242. The first-order valence-corrected chi connectivity index (χ1v) is 8.39. The van der Waals surface area contributed by atoms with E-state index in [2.05, 4.69) is 11.0 Å². The van der Waals surface area contributed by atoms with Crippen LogP contribution in [0.5, 0.6) is 5.75 Å². The number of piperidine rings is 1. The normalized spacial score (nSPS) is 16.6. The van der Waals surface area contributed by atoms with Gasteiger partial charge in [0.1, 0.15) is 5.75 Å². The Hall–Kier alpha value is -1.19. The van der Waals surface area contributed by atoms with Crippen molar-refractivity contribution >= 4 is 22.5 Å². The summed E-state index contributed by atoms with van der Waals surface area (Å²) in [5.74, 6) is 1.50. The smallest absolute Gasteiger partial charge is 0.123 e. The van der Waals surface area contributed by atoms with Gasteiger partial charge in [-0.25, -0.2) is 0 Å². The van der Waals surface area contributed by atoms with Crippen LogP contribution in [0.2, 0.25) is 0 Å². The largest absolute Gasteiger partial charge is 0.507 e. The van der Waals surface area contributed by atoms with E-state index in [0.29, 0.717) is 5.75 Å². The number of aromatic hydroxyl groups is 1. The summed E-state index contributed by atoms with van der Waals surface area (Å²) >= 11 is 1.90. The third kappa shape index (κ3) is 3.10. The number of benzene rings is 2. The quantitative estimate of drug-likeness (QED) is 0.856. The molecule has 3 heteroatoms. The fraction of sp³-hybridized carbons (Fsp3) is 0.412. The Morgan fingerprint density at radius 2 is 1.70 bits per heavy atom. The maximum Gasteiger partial charge on any atom is 0.123 e. The minimum atomic E-state index is 0.376. The Morgan fingerprint density at radius 3 is 2.50 bits per heavy atom. The zero-order chi connectivity index (χ0) is 13.8. The summed E-state index contributed by atoms with van der Waals surface area (Å²) in [6, 6.07) is 11.9. The molecule has 1 saturated heterocycles. The Kier molecular flexibility index (Phi) is 4.48. The molecule has 2 aromatic rings. The predicted molar refractivity (Wildman–Crippen MR) is 86.6 cm³/mol. The molecular weight excluding hydrogens is 266 g/mol. The Bertz CT molecular complexity index is 578. The third-order valence-corrected chi connectivity index (χ3v) is 5.03. The Labute approximate surface area is 124 Å². The molecule has 2 aromatic carbocycles. The standard InChI is InChI=1S/C17H21NOS/c19-16-8-9-17(15-7-3-2-6-14(15)16)20-13-12-18-10-4-1-5-11-18/h2-3,6-9,19H,1,4-5,10-13H2. The van der Waals surface area contributed by atoms with Gasteiger partial charge in [-0.15, -0.1) is 11.8 Å². The zero-order valence-corrected chi connectivity index (χ0v) is 12.5. The van der Waals surface area contributed by atoms with Crippen LogP contribution < -0.4 is 0 Å². The number of nitrogens with zero attached hydrogens (tertiary/aromatic N) is 1. The predicted octanol–water partition coefficient (Wildman–Crippen LogP) is 4.12. The van der Waals surface area contributed by atoms with Gasteiger partial charge in [0.05, 0.1) is 0 Å². The lowest BCUT2D eigenvalue weighted by atomic mass is 10.1. The van der Waals surface area contributed by atoms with Crippen LogP contribution in [-0.4, -0.2) is 35.4 Å². The van der Waals surface area contributed by atoms with E-state index in [1.54, 1.807) is 0 Å². The number of rotatable bonds is 4. The molecule has 0 radical (unpaired) electrons. The molecule has 0 saturated carbocycles. The lowest BCUT2D eigenvalue weighted by Crippen LogP contribution is -2.31. The highest BCUT2D eigenvalue weighted by molar-refractivity contribution is 7.99. The van der Waals surface area contributed by atoms with Crippen molar-refractivity contribution in [3.05, 3.63) is 36.4 Å². The average molecular weight is 287 g/mol. The summed E-state index contributed by atoms with van der Waals surface area (Å²) in [4.78, 5) is 3.84. The molecule has 0 amide bonds. The van der Waals surface area contributed by atoms with Gasteiger partial charge in [0.2, 0.25) is 0 Å². The molecule has 20 heavy (non-hydrogen) atoms. The summed E-state index contributed by atoms with van der Waals surface area (Å²) in [5.41, 5.74) is 0. The van der Waals surface area contributed by atoms with Crippen molar-refractivity contribution in [2.24, 2.45) is 0 Å². The Morgan fingerprint density at radius 1 is 0.950 bits per heavy atom. The van der Waals surface area contributed by atoms with E-state index in [1.165, 1.54) is 43.8 Å². The summed E-state index contributed by atoms with van der Waals surface area (Å²) in [5, 5.41) is 12.0. The van der Waals surface area contributed by atoms with Crippen LogP contribution in [-0.2, 0) is 0 Å². The van der Waals surface area contributed by atoms with E-state index < -0.39 is 0 Å². The maximum atomic E-state index is 9.91. The number of hydrogen-bond donors (Lipinski definition) is 1. The maximum absolute atomic E-state index is 9.91. The molecule has 1 aliphatic heterocycles. The van der Waals surface area contributed by atoms with Gasteiger partial charge in [-0.2, -0.15) is 0 Å². The van der Waals surface area contributed by atoms with Crippen molar-refractivity contribution in [3.63, 3.8) is 0 Å². The van der Waals surface area contributed by atoms with Gasteiger partial charge < -0.3 is 10.0 Å². The molecule has 3 rings (SSSR count). The van der Waals surface area contributed by atoms with Crippen molar-refractivity contribution < 1.29 is 5.11 Å². The van der Waals surface area contributed by atoms with E-state index >= 15 is 0 Å². The molecule has 106 valence electrons. The number of likely N-dealkylation sites (tertiary alicyclic amines) is 1. The van der Waals surface area contributed by atoms with Crippen molar-refractivity contribution in [1.29, 1.82) is 0 Å². The average Bonchev–Trinajstić information content (AvgIpc) is 2.51. The second-order valence-corrected chi connectivity index (χ2v) is 6.52. The molecule has 0 unspecified atom stereocenters. The van der Waals surface area contributed by atoms with Crippen molar-refractivity contribution in [1.82, 2.24) is 4.90 Å². The molecular formula is C17H21NOS. The van der Waals surface area contributed by atoms with E-state index in [-0.39, 0.29) is 0 Å². The fourth-order valence-electron chi connectivity index (χ4n) is 2.85. The van der Waals surface area contributed by atoms with Crippen LogP contribution in [0.1, 0.15) is 19.3 Å². The molecule has 0 atom stereocenters. The molecule has 1 fully saturated rings. The monoisotopic (exact) mass is 287 g/mol. The highest BCUT2D eigenvalue weighted by atomic mass is 32.2. The fourth-order valence-corrected chi connectivity index (χ4v) is 3.92. The number of fused-ring (bicyclic) bond motifs is 1. The molecule has 2 nitrogen and oxygen atoms in total. The van der Waals surface area contributed by atoms with Gasteiger partial charge in [0.15, 0.2) is 0 Å². The van der Waals surface area contributed by atoms with Crippen LogP contribution >= 0.6 is 11.8 Å². The number of hydrogen-bond acceptors (Lipinski definition) is 3. The van der Waals surface area contributed by atoms with Gasteiger partial charge in [-0.1, -0.05) is 30.7 Å². The highest BCUT2D eigenvalue weighted by Crippen LogP contribution is 2.33. The third-order valence-electron chi connectivity index (χ3n) is 3.97. The van der Waals surface area contributed by atoms with Crippen LogP contribution in [0, 0.1) is 0 Å². The second kappa shape index (κ2) is 6.51. The van der Waals surface area contributed by atoms with E-state index in [4.69, 9.17) is 0 Å².